The first-order chi connectivity index (χ1) is 8.21. The summed E-state index contributed by atoms with van der Waals surface area (Å²) in [6.45, 7) is 0.775. The molecular weight excluding hydrogens is 220 g/mol. The van der Waals surface area contributed by atoms with E-state index in [4.69, 9.17) is 15.2 Å². The van der Waals surface area contributed by atoms with Gasteiger partial charge in [-0.2, -0.15) is 0 Å². The van der Waals surface area contributed by atoms with E-state index in [1.54, 1.807) is 20.3 Å². The molecule has 0 bridgehead atoms. The summed E-state index contributed by atoms with van der Waals surface area (Å²) in [4.78, 5) is 11.3. The zero-order valence-corrected chi connectivity index (χ0v) is 10.2. The second-order valence-corrected chi connectivity index (χ2v) is 3.49. The van der Waals surface area contributed by atoms with Crippen molar-refractivity contribution in [2.24, 2.45) is 5.73 Å². The fraction of sp³-hybridized carbons (Fsp3) is 0.417. The van der Waals surface area contributed by atoms with Gasteiger partial charge in [-0.1, -0.05) is 0 Å². The van der Waals surface area contributed by atoms with Gasteiger partial charge in [0.25, 0.3) is 0 Å². The average Bonchev–Trinajstić information content (AvgIpc) is 2.36. The number of ether oxygens (including phenoxy) is 2. The molecule has 0 heterocycles. The van der Waals surface area contributed by atoms with Gasteiger partial charge in [0.1, 0.15) is 11.5 Å². The second-order valence-electron chi connectivity index (χ2n) is 3.49. The quantitative estimate of drug-likeness (QED) is 0.764. The van der Waals surface area contributed by atoms with Gasteiger partial charge in [0.2, 0.25) is 5.91 Å². The highest BCUT2D eigenvalue weighted by Gasteiger charge is 2.06. The number of carbonyl (C=O) groups is 1. The van der Waals surface area contributed by atoms with Crippen LogP contribution in [0.4, 0.5) is 0 Å². The van der Waals surface area contributed by atoms with Crippen LogP contribution in [0.1, 0.15) is 12.0 Å². The number of hydrogen-bond acceptors (Lipinski definition) is 4. The zero-order valence-electron chi connectivity index (χ0n) is 10.2. The Morgan fingerprint density at radius 3 is 2.71 bits per heavy atom. The van der Waals surface area contributed by atoms with Gasteiger partial charge < -0.3 is 20.5 Å². The Morgan fingerprint density at radius 2 is 2.12 bits per heavy atom. The Hall–Kier alpha value is -1.75. The Bertz CT molecular complexity index is 380. The summed E-state index contributed by atoms with van der Waals surface area (Å²) < 4.78 is 10.3. The third-order valence-corrected chi connectivity index (χ3v) is 2.34. The van der Waals surface area contributed by atoms with Crippen LogP contribution in [-0.4, -0.2) is 26.7 Å². The van der Waals surface area contributed by atoms with E-state index < -0.39 is 0 Å². The Kier molecular flexibility index (Phi) is 5.29. The summed E-state index contributed by atoms with van der Waals surface area (Å²) in [5, 5.41) is 2.77. The van der Waals surface area contributed by atoms with Crippen molar-refractivity contribution < 1.29 is 14.3 Å². The molecule has 1 amide bonds. The molecule has 0 unspecified atom stereocenters. The first-order valence-corrected chi connectivity index (χ1v) is 5.39. The van der Waals surface area contributed by atoms with E-state index in [-0.39, 0.29) is 5.91 Å². The van der Waals surface area contributed by atoms with Crippen LogP contribution in [0, 0.1) is 0 Å². The Labute approximate surface area is 101 Å². The molecule has 0 aromatic heterocycles. The first-order valence-electron chi connectivity index (χ1n) is 5.39. The number of carbonyl (C=O) groups excluding carboxylic acids is 1. The number of methoxy groups -OCH3 is 2. The van der Waals surface area contributed by atoms with E-state index in [0.29, 0.717) is 25.3 Å². The number of hydrogen-bond donors (Lipinski definition) is 2. The summed E-state index contributed by atoms with van der Waals surface area (Å²) >= 11 is 0. The normalized spacial score (nSPS) is 9.82. The molecule has 1 aromatic carbocycles. The SMILES string of the molecule is COc1ccc(CNC(=O)CCN)c(OC)c1. The van der Waals surface area contributed by atoms with Crippen molar-refractivity contribution in [3.8, 4) is 11.5 Å². The molecule has 17 heavy (non-hydrogen) atoms. The topological polar surface area (TPSA) is 73.6 Å². The van der Waals surface area contributed by atoms with Gasteiger partial charge in [-0.3, -0.25) is 4.79 Å². The van der Waals surface area contributed by atoms with Crippen molar-refractivity contribution in [2.45, 2.75) is 13.0 Å². The van der Waals surface area contributed by atoms with Gasteiger partial charge in [-0.05, 0) is 12.1 Å². The lowest BCUT2D eigenvalue weighted by Crippen LogP contribution is -2.25. The number of rotatable bonds is 6. The number of benzene rings is 1. The number of nitrogens with one attached hydrogen (secondary N) is 1. The third-order valence-electron chi connectivity index (χ3n) is 2.34. The molecule has 0 fully saturated rings. The average molecular weight is 238 g/mol. The smallest absolute Gasteiger partial charge is 0.221 e. The maximum absolute atomic E-state index is 11.3. The second kappa shape index (κ2) is 6.75. The molecule has 0 saturated carbocycles. The van der Waals surface area contributed by atoms with Gasteiger partial charge in [0.05, 0.1) is 14.2 Å². The fourth-order valence-corrected chi connectivity index (χ4v) is 1.41. The third kappa shape index (κ3) is 3.96. The lowest BCUT2D eigenvalue weighted by atomic mass is 10.2. The van der Waals surface area contributed by atoms with Crippen LogP contribution in [0.3, 0.4) is 0 Å². The van der Waals surface area contributed by atoms with Gasteiger partial charge in [0, 0.05) is 31.1 Å². The highest BCUT2D eigenvalue weighted by atomic mass is 16.5. The molecule has 0 aliphatic rings. The minimum Gasteiger partial charge on any atom is -0.497 e. The van der Waals surface area contributed by atoms with Crippen LogP contribution in [0.5, 0.6) is 11.5 Å². The maximum atomic E-state index is 11.3. The predicted octanol–water partition coefficient (Wildman–Crippen LogP) is 0.669. The molecule has 0 aliphatic heterocycles. The molecule has 1 rings (SSSR count). The van der Waals surface area contributed by atoms with Crippen LogP contribution in [0.15, 0.2) is 18.2 Å². The highest BCUT2D eigenvalue weighted by molar-refractivity contribution is 5.76. The molecule has 1 aromatic rings. The van der Waals surface area contributed by atoms with E-state index in [9.17, 15) is 4.79 Å². The predicted molar refractivity (Wildman–Crippen MR) is 65.1 cm³/mol. The van der Waals surface area contributed by atoms with Crippen LogP contribution in [0.2, 0.25) is 0 Å². The minimum absolute atomic E-state index is 0.0645. The van der Waals surface area contributed by atoms with E-state index >= 15 is 0 Å². The van der Waals surface area contributed by atoms with Gasteiger partial charge in [-0.15, -0.1) is 0 Å². The van der Waals surface area contributed by atoms with Gasteiger partial charge >= 0.3 is 0 Å². The molecular formula is C12H18N2O3. The van der Waals surface area contributed by atoms with Crippen LogP contribution in [0.25, 0.3) is 0 Å². The molecule has 5 nitrogen and oxygen atoms in total. The van der Waals surface area contributed by atoms with Crippen LogP contribution < -0.4 is 20.5 Å². The molecule has 0 atom stereocenters. The Morgan fingerprint density at radius 1 is 1.35 bits per heavy atom. The van der Waals surface area contributed by atoms with E-state index in [1.165, 1.54) is 0 Å². The summed E-state index contributed by atoms with van der Waals surface area (Å²) in [5.74, 6) is 1.35. The van der Waals surface area contributed by atoms with Crippen molar-refractivity contribution >= 4 is 5.91 Å². The lowest BCUT2D eigenvalue weighted by molar-refractivity contribution is -0.121. The van der Waals surface area contributed by atoms with E-state index in [1.807, 2.05) is 12.1 Å². The summed E-state index contributed by atoms with van der Waals surface area (Å²) in [6.07, 6.45) is 0.332. The van der Waals surface area contributed by atoms with Crippen LogP contribution in [-0.2, 0) is 11.3 Å². The van der Waals surface area contributed by atoms with Crippen molar-refractivity contribution in [1.82, 2.24) is 5.32 Å². The van der Waals surface area contributed by atoms with Crippen LogP contribution >= 0.6 is 0 Å². The van der Waals surface area contributed by atoms with E-state index in [2.05, 4.69) is 5.32 Å². The standard InChI is InChI=1S/C12H18N2O3/c1-16-10-4-3-9(11(7-10)17-2)8-14-12(15)5-6-13/h3-4,7H,5-6,8,13H2,1-2H3,(H,14,15). The molecule has 0 radical (unpaired) electrons. The monoisotopic (exact) mass is 238 g/mol. The molecule has 5 heteroatoms. The largest absolute Gasteiger partial charge is 0.497 e. The molecule has 0 aliphatic carbocycles. The minimum atomic E-state index is -0.0645. The summed E-state index contributed by atoms with van der Waals surface area (Å²) in [7, 11) is 3.18. The Balaban J connectivity index is 2.67. The van der Waals surface area contributed by atoms with Gasteiger partial charge in [-0.25, -0.2) is 0 Å². The van der Waals surface area contributed by atoms with Gasteiger partial charge in [0.15, 0.2) is 0 Å². The van der Waals surface area contributed by atoms with E-state index in [0.717, 1.165) is 11.3 Å². The van der Waals surface area contributed by atoms with Crippen molar-refractivity contribution in [2.75, 3.05) is 20.8 Å². The fourth-order valence-electron chi connectivity index (χ4n) is 1.41. The highest BCUT2D eigenvalue weighted by Crippen LogP contribution is 2.24. The first kappa shape index (κ1) is 13.3. The lowest BCUT2D eigenvalue weighted by Gasteiger charge is -2.11. The summed E-state index contributed by atoms with van der Waals surface area (Å²) in [6, 6.07) is 5.47. The van der Waals surface area contributed by atoms with Crippen molar-refractivity contribution in [3.05, 3.63) is 23.8 Å². The summed E-state index contributed by atoms with van der Waals surface area (Å²) in [5.41, 5.74) is 6.19. The molecule has 3 N–H and O–H groups in total. The number of amides is 1. The molecule has 94 valence electrons. The van der Waals surface area contributed by atoms with Crippen molar-refractivity contribution in [1.29, 1.82) is 0 Å². The molecule has 0 spiro atoms. The maximum Gasteiger partial charge on any atom is 0.221 e. The molecule has 0 saturated heterocycles. The van der Waals surface area contributed by atoms with Crippen molar-refractivity contribution in [3.63, 3.8) is 0 Å². The zero-order chi connectivity index (χ0) is 12.7. The number of nitrogens with two attached hydrogens (primary N) is 1.